The fourth-order valence-electron chi connectivity index (χ4n) is 2.67. The van der Waals surface area contributed by atoms with Crippen molar-refractivity contribution in [3.63, 3.8) is 0 Å². The van der Waals surface area contributed by atoms with Gasteiger partial charge in [-0.2, -0.15) is 9.57 Å². The Hall–Kier alpha value is -2.80. The first-order chi connectivity index (χ1) is 14.3. The summed E-state index contributed by atoms with van der Waals surface area (Å²) < 4.78 is 37.4. The molecule has 0 unspecified atom stereocenters. The molecule has 0 aliphatic rings. The molecule has 0 fully saturated rings. The molecule has 10 heteroatoms. The third-order valence-electron chi connectivity index (χ3n) is 4.21. The van der Waals surface area contributed by atoms with Gasteiger partial charge < -0.3 is 14.8 Å². The number of ether oxygens (including phenoxy) is 2. The lowest BCUT2D eigenvalue weighted by Gasteiger charge is -2.19. The van der Waals surface area contributed by atoms with Crippen molar-refractivity contribution in [3.8, 4) is 17.6 Å². The van der Waals surface area contributed by atoms with E-state index in [0.29, 0.717) is 24.4 Å². The summed E-state index contributed by atoms with van der Waals surface area (Å²) in [6.45, 7) is 3.77. The van der Waals surface area contributed by atoms with E-state index < -0.39 is 15.9 Å². The number of hydrogen-bond donors (Lipinski definition) is 1. The van der Waals surface area contributed by atoms with E-state index in [0.717, 1.165) is 0 Å². The van der Waals surface area contributed by atoms with Crippen LogP contribution >= 0.6 is 11.6 Å². The van der Waals surface area contributed by atoms with Gasteiger partial charge in [0, 0.05) is 13.1 Å². The molecule has 2 rings (SSSR count). The molecule has 160 valence electrons. The molecule has 0 aliphatic heterocycles. The minimum Gasteiger partial charge on any atom is -0.495 e. The standard InChI is InChI=1S/C20H22ClN3O5S/c1-4-24(5-2)30(26,27)15-7-9-19(28-3)17(11-15)23-20(25)13-29-18-8-6-14(12-22)10-16(18)21/h6-11H,4-5,13H2,1-3H3,(H,23,25). The van der Waals surface area contributed by atoms with Crippen molar-refractivity contribution in [1.29, 1.82) is 5.26 Å². The number of carbonyl (C=O) groups is 1. The Kier molecular flexibility index (Phi) is 8.06. The summed E-state index contributed by atoms with van der Waals surface area (Å²) in [5.74, 6) is 0.0139. The van der Waals surface area contributed by atoms with Gasteiger partial charge >= 0.3 is 0 Å². The lowest BCUT2D eigenvalue weighted by molar-refractivity contribution is -0.118. The number of nitrogens with zero attached hydrogens (tertiary/aromatic N) is 2. The number of rotatable bonds is 9. The molecular weight excluding hydrogens is 430 g/mol. The fourth-order valence-corrected chi connectivity index (χ4v) is 4.39. The Morgan fingerprint density at radius 1 is 1.17 bits per heavy atom. The summed E-state index contributed by atoms with van der Waals surface area (Å²) >= 11 is 6.03. The Balaban J connectivity index is 2.18. The van der Waals surface area contributed by atoms with E-state index in [4.69, 9.17) is 26.3 Å². The number of anilines is 1. The van der Waals surface area contributed by atoms with E-state index in [9.17, 15) is 13.2 Å². The molecule has 0 spiro atoms. The van der Waals surface area contributed by atoms with Crippen LogP contribution in [0.1, 0.15) is 19.4 Å². The van der Waals surface area contributed by atoms with Crippen molar-refractivity contribution >= 4 is 33.2 Å². The summed E-state index contributed by atoms with van der Waals surface area (Å²) in [5.41, 5.74) is 0.568. The van der Waals surface area contributed by atoms with Gasteiger partial charge in [-0.05, 0) is 36.4 Å². The second kappa shape index (κ2) is 10.3. The largest absolute Gasteiger partial charge is 0.495 e. The molecule has 1 amide bonds. The monoisotopic (exact) mass is 451 g/mol. The Morgan fingerprint density at radius 2 is 1.83 bits per heavy atom. The average molecular weight is 452 g/mol. The third kappa shape index (κ3) is 5.42. The summed E-state index contributed by atoms with van der Waals surface area (Å²) in [6.07, 6.45) is 0. The van der Waals surface area contributed by atoms with Crippen molar-refractivity contribution in [2.24, 2.45) is 0 Å². The summed E-state index contributed by atoms with van der Waals surface area (Å²) in [5, 5.41) is 11.7. The number of benzene rings is 2. The highest BCUT2D eigenvalue weighted by Gasteiger charge is 2.23. The normalized spacial score (nSPS) is 11.1. The molecule has 0 aliphatic carbocycles. The maximum atomic E-state index is 12.7. The van der Waals surface area contributed by atoms with Gasteiger partial charge in [0.05, 0.1) is 34.3 Å². The average Bonchev–Trinajstić information content (AvgIpc) is 2.73. The maximum absolute atomic E-state index is 12.7. The molecule has 0 saturated carbocycles. The number of methoxy groups -OCH3 is 1. The molecule has 0 heterocycles. The lowest BCUT2D eigenvalue weighted by atomic mass is 10.2. The second-order valence-electron chi connectivity index (χ2n) is 6.05. The molecule has 0 bridgehead atoms. The van der Waals surface area contributed by atoms with E-state index in [1.165, 1.54) is 47.8 Å². The first-order valence-corrected chi connectivity index (χ1v) is 10.9. The number of halogens is 1. The molecule has 2 aromatic carbocycles. The van der Waals surface area contributed by atoms with Crippen LogP contribution in [0, 0.1) is 11.3 Å². The van der Waals surface area contributed by atoms with Gasteiger partial charge in [-0.3, -0.25) is 4.79 Å². The number of hydrogen-bond acceptors (Lipinski definition) is 6. The smallest absolute Gasteiger partial charge is 0.262 e. The van der Waals surface area contributed by atoms with E-state index >= 15 is 0 Å². The zero-order valence-corrected chi connectivity index (χ0v) is 18.4. The topological polar surface area (TPSA) is 109 Å². The van der Waals surface area contributed by atoms with E-state index in [-0.39, 0.29) is 28.0 Å². The van der Waals surface area contributed by atoms with Gasteiger partial charge in [0.2, 0.25) is 10.0 Å². The van der Waals surface area contributed by atoms with E-state index in [1.807, 2.05) is 6.07 Å². The van der Waals surface area contributed by atoms with Crippen molar-refractivity contribution in [2.75, 3.05) is 32.1 Å². The van der Waals surface area contributed by atoms with Crippen LogP contribution in [0.25, 0.3) is 0 Å². The highest BCUT2D eigenvalue weighted by molar-refractivity contribution is 7.89. The van der Waals surface area contributed by atoms with Crippen molar-refractivity contribution in [1.82, 2.24) is 4.31 Å². The summed E-state index contributed by atoms with van der Waals surface area (Å²) in [6, 6.07) is 10.6. The first kappa shape index (κ1) is 23.5. The van der Waals surface area contributed by atoms with Crippen LogP contribution in [0.4, 0.5) is 5.69 Å². The van der Waals surface area contributed by atoms with Crippen LogP contribution in [-0.4, -0.2) is 45.4 Å². The molecule has 0 radical (unpaired) electrons. The Labute approximate surface area is 181 Å². The van der Waals surface area contributed by atoms with Crippen molar-refractivity contribution in [3.05, 3.63) is 47.0 Å². The zero-order chi connectivity index (χ0) is 22.3. The second-order valence-corrected chi connectivity index (χ2v) is 8.39. The van der Waals surface area contributed by atoms with Gasteiger partial charge in [-0.15, -0.1) is 0 Å². The number of nitriles is 1. The van der Waals surface area contributed by atoms with Crippen molar-refractivity contribution < 1.29 is 22.7 Å². The molecular formula is C20H22ClN3O5S. The molecule has 30 heavy (non-hydrogen) atoms. The number of amides is 1. The number of sulfonamides is 1. The van der Waals surface area contributed by atoms with Crippen LogP contribution in [0.2, 0.25) is 5.02 Å². The highest BCUT2D eigenvalue weighted by Crippen LogP contribution is 2.29. The Morgan fingerprint density at radius 3 is 2.40 bits per heavy atom. The van der Waals surface area contributed by atoms with Crippen LogP contribution in [0.15, 0.2) is 41.3 Å². The van der Waals surface area contributed by atoms with Crippen molar-refractivity contribution in [2.45, 2.75) is 18.7 Å². The minimum atomic E-state index is -3.70. The Bertz CT molecular complexity index is 1060. The molecule has 8 nitrogen and oxygen atoms in total. The summed E-state index contributed by atoms with van der Waals surface area (Å²) in [4.78, 5) is 12.4. The predicted molar refractivity (Wildman–Crippen MR) is 113 cm³/mol. The van der Waals surface area contributed by atoms with Crippen LogP contribution in [-0.2, 0) is 14.8 Å². The lowest BCUT2D eigenvalue weighted by Crippen LogP contribution is -2.30. The van der Waals surface area contributed by atoms with Gasteiger partial charge in [0.1, 0.15) is 11.5 Å². The van der Waals surface area contributed by atoms with Gasteiger partial charge in [-0.25, -0.2) is 8.42 Å². The van der Waals surface area contributed by atoms with Crippen LogP contribution < -0.4 is 14.8 Å². The molecule has 0 atom stereocenters. The maximum Gasteiger partial charge on any atom is 0.262 e. The zero-order valence-electron chi connectivity index (χ0n) is 16.8. The molecule has 0 aromatic heterocycles. The van der Waals surface area contributed by atoms with Crippen LogP contribution in [0.5, 0.6) is 11.5 Å². The van der Waals surface area contributed by atoms with Gasteiger partial charge in [0.25, 0.3) is 5.91 Å². The fraction of sp³-hybridized carbons (Fsp3) is 0.300. The third-order valence-corrected chi connectivity index (χ3v) is 6.55. The van der Waals surface area contributed by atoms with E-state index in [1.54, 1.807) is 13.8 Å². The quantitative estimate of drug-likeness (QED) is 0.626. The summed E-state index contributed by atoms with van der Waals surface area (Å²) in [7, 11) is -2.29. The van der Waals surface area contributed by atoms with Gasteiger partial charge in [-0.1, -0.05) is 25.4 Å². The minimum absolute atomic E-state index is 0.0401. The number of carbonyl (C=O) groups excluding carboxylic acids is 1. The van der Waals surface area contributed by atoms with E-state index in [2.05, 4.69) is 5.32 Å². The van der Waals surface area contributed by atoms with Gasteiger partial charge in [0.15, 0.2) is 6.61 Å². The molecule has 1 N–H and O–H groups in total. The predicted octanol–water partition coefficient (Wildman–Crippen LogP) is 3.27. The molecule has 0 saturated heterocycles. The molecule has 2 aromatic rings. The van der Waals surface area contributed by atoms with Crippen LogP contribution in [0.3, 0.4) is 0 Å². The SMILES string of the molecule is CCN(CC)S(=O)(=O)c1ccc(OC)c(NC(=O)COc2ccc(C#N)cc2Cl)c1. The number of nitrogens with one attached hydrogen (secondary N) is 1. The highest BCUT2D eigenvalue weighted by atomic mass is 35.5. The first-order valence-electron chi connectivity index (χ1n) is 9.07.